The van der Waals surface area contributed by atoms with Crippen molar-refractivity contribution in [3.63, 3.8) is 0 Å². The maximum absolute atomic E-state index is 12.9. The molecule has 0 aliphatic rings. The summed E-state index contributed by atoms with van der Waals surface area (Å²) in [6.07, 6.45) is 1.79. The second kappa shape index (κ2) is 4.61. The van der Waals surface area contributed by atoms with E-state index in [0.29, 0.717) is 0 Å². The summed E-state index contributed by atoms with van der Waals surface area (Å²) in [5.74, 6) is 0. The summed E-state index contributed by atoms with van der Waals surface area (Å²) in [5.41, 5.74) is 1.99. The van der Waals surface area contributed by atoms with Gasteiger partial charge in [0.15, 0.2) is 0 Å². The lowest BCUT2D eigenvalue weighted by atomic mass is 10.1. The van der Waals surface area contributed by atoms with Crippen LogP contribution >= 0.6 is 0 Å². The fraction of sp³-hybridized carbons (Fsp3) is 0.167. The first-order valence-electron chi connectivity index (χ1n) is 4.24. The Morgan fingerprint density at radius 3 is 2.54 bits per heavy atom. The topological polar surface area (TPSA) is 0 Å². The molecule has 0 fully saturated rings. The Labute approximate surface area is 78.4 Å². The van der Waals surface area contributed by atoms with Gasteiger partial charge in [-0.1, -0.05) is 43.0 Å². The number of benzene rings is 1. The van der Waals surface area contributed by atoms with Crippen molar-refractivity contribution in [3.8, 4) is 0 Å². The lowest BCUT2D eigenvalue weighted by Gasteiger charge is -2.01. The molecule has 1 aromatic rings. The van der Waals surface area contributed by atoms with Gasteiger partial charge in [0, 0.05) is 0 Å². The van der Waals surface area contributed by atoms with Crippen molar-refractivity contribution < 1.29 is 4.39 Å². The number of allylic oxidation sites excluding steroid dienone is 3. The first-order valence-corrected chi connectivity index (χ1v) is 4.24. The third-order valence-electron chi connectivity index (χ3n) is 1.86. The molecule has 0 amide bonds. The van der Waals surface area contributed by atoms with Crippen LogP contribution in [0.1, 0.15) is 12.5 Å². The van der Waals surface area contributed by atoms with E-state index in [4.69, 9.17) is 0 Å². The van der Waals surface area contributed by atoms with Crippen molar-refractivity contribution in [3.05, 3.63) is 54.6 Å². The predicted molar refractivity (Wildman–Crippen MR) is 55.2 cm³/mol. The number of halogens is 1. The second-order valence-electron chi connectivity index (χ2n) is 2.90. The molecule has 1 rings (SSSR count). The minimum Gasteiger partial charge on any atom is -0.238 e. The van der Waals surface area contributed by atoms with Crippen LogP contribution in [0.25, 0.3) is 5.57 Å². The summed E-state index contributed by atoms with van der Waals surface area (Å²) >= 11 is 0. The van der Waals surface area contributed by atoms with E-state index < -0.39 is 6.17 Å². The highest BCUT2D eigenvalue weighted by Crippen LogP contribution is 2.14. The van der Waals surface area contributed by atoms with Crippen molar-refractivity contribution in [2.75, 3.05) is 0 Å². The van der Waals surface area contributed by atoms with Gasteiger partial charge in [-0.2, -0.15) is 0 Å². The van der Waals surface area contributed by atoms with E-state index in [1.54, 1.807) is 6.08 Å². The van der Waals surface area contributed by atoms with Gasteiger partial charge in [0.1, 0.15) is 6.17 Å². The van der Waals surface area contributed by atoms with Crippen molar-refractivity contribution in [1.82, 2.24) is 0 Å². The van der Waals surface area contributed by atoms with Crippen LogP contribution in [0.4, 0.5) is 4.39 Å². The van der Waals surface area contributed by atoms with Gasteiger partial charge in [0.2, 0.25) is 0 Å². The van der Waals surface area contributed by atoms with Crippen LogP contribution in [0, 0.1) is 0 Å². The molecule has 0 aromatic heterocycles. The van der Waals surface area contributed by atoms with E-state index in [1.807, 2.05) is 37.3 Å². The predicted octanol–water partition coefficient (Wildman–Crippen LogP) is 3.61. The average molecular weight is 176 g/mol. The molecule has 1 atom stereocenters. The van der Waals surface area contributed by atoms with Gasteiger partial charge in [-0.25, -0.2) is 4.39 Å². The Kier molecular flexibility index (Phi) is 3.44. The standard InChI is InChI=1S/C12H13F/c1-3-12(13)9-10(2)11-7-5-4-6-8-11/h3-9,12H,1H2,2H3. The molecule has 0 radical (unpaired) electrons. The Bertz CT molecular complexity index is 298. The van der Waals surface area contributed by atoms with Crippen molar-refractivity contribution in [2.24, 2.45) is 0 Å². The fourth-order valence-electron chi connectivity index (χ4n) is 1.10. The largest absolute Gasteiger partial charge is 0.238 e. The molecule has 13 heavy (non-hydrogen) atoms. The zero-order valence-corrected chi connectivity index (χ0v) is 7.70. The third-order valence-corrected chi connectivity index (χ3v) is 1.86. The van der Waals surface area contributed by atoms with Crippen molar-refractivity contribution in [1.29, 1.82) is 0 Å². The summed E-state index contributed by atoms with van der Waals surface area (Å²) in [4.78, 5) is 0. The minimum atomic E-state index is -1.06. The molecule has 0 bridgehead atoms. The van der Waals surface area contributed by atoms with E-state index in [2.05, 4.69) is 6.58 Å². The van der Waals surface area contributed by atoms with Gasteiger partial charge >= 0.3 is 0 Å². The molecular weight excluding hydrogens is 163 g/mol. The third kappa shape index (κ3) is 2.86. The van der Waals surface area contributed by atoms with Crippen LogP contribution < -0.4 is 0 Å². The Morgan fingerprint density at radius 1 is 1.38 bits per heavy atom. The Hall–Kier alpha value is -1.37. The molecule has 0 saturated heterocycles. The highest BCUT2D eigenvalue weighted by molar-refractivity contribution is 5.64. The van der Waals surface area contributed by atoms with E-state index in [1.165, 1.54) is 6.08 Å². The normalized spacial score (nSPS) is 13.8. The Balaban J connectivity index is 2.84. The maximum Gasteiger partial charge on any atom is 0.137 e. The van der Waals surface area contributed by atoms with E-state index >= 15 is 0 Å². The molecule has 0 spiro atoms. The van der Waals surface area contributed by atoms with Gasteiger partial charge in [-0.3, -0.25) is 0 Å². The molecule has 1 unspecified atom stereocenters. The molecule has 0 aliphatic heterocycles. The minimum absolute atomic E-state index is 0.938. The van der Waals surface area contributed by atoms with Crippen LogP contribution in [0.5, 0.6) is 0 Å². The molecule has 0 nitrogen and oxygen atoms in total. The highest BCUT2D eigenvalue weighted by Gasteiger charge is 1.98. The number of rotatable bonds is 3. The van der Waals surface area contributed by atoms with E-state index in [-0.39, 0.29) is 0 Å². The first-order chi connectivity index (χ1) is 6.24. The van der Waals surface area contributed by atoms with Crippen LogP contribution in [0.2, 0.25) is 0 Å². The molecule has 0 N–H and O–H groups in total. The molecule has 68 valence electrons. The molecule has 0 saturated carbocycles. The molecular formula is C12H13F. The van der Waals surface area contributed by atoms with Crippen LogP contribution in [0.15, 0.2) is 49.1 Å². The second-order valence-corrected chi connectivity index (χ2v) is 2.90. The highest BCUT2D eigenvalue weighted by atomic mass is 19.1. The summed E-state index contributed by atoms with van der Waals surface area (Å²) in [6.45, 7) is 5.28. The quantitative estimate of drug-likeness (QED) is 0.617. The van der Waals surface area contributed by atoms with Crippen LogP contribution in [0.3, 0.4) is 0 Å². The van der Waals surface area contributed by atoms with E-state index in [0.717, 1.165) is 11.1 Å². The maximum atomic E-state index is 12.9. The molecule has 0 heterocycles. The van der Waals surface area contributed by atoms with Gasteiger partial charge in [0.05, 0.1) is 0 Å². The lowest BCUT2D eigenvalue weighted by molar-refractivity contribution is 0.470. The molecule has 1 heteroatoms. The van der Waals surface area contributed by atoms with Gasteiger partial charge in [0.25, 0.3) is 0 Å². The molecule has 1 aromatic carbocycles. The summed E-state index contributed by atoms with van der Waals surface area (Å²) in [5, 5.41) is 0. The van der Waals surface area contributed by atoms with Crippen LogP contribution in [-0.4, -0.2) is 6.17 Å². The molecule has 0 aliphatic carbocycles. The lowest BCUT2D eigenvalue weighted by Crippen LogP contribution is -1.89. The first kappa shape index (κ1) is 9.72. The van der Waals surface area contributed by atoms with E-state index in [9.17, 15) is 4.39 Å². The van der Waals surface area contributed by atoms with Crippen LogP contribution in [-0.2, 0) is 0 Å². The van der Waals surface area contributed by atoms with Crippen molar-refractivity contribution in [2.45, 2.75) is 13.1 Å². The summed E-state index contributed by atoms with van der Waals surface area (Å²) < 4.78 is 12.9. The van der Waals surface area contributed by atoms with Crippen molar-refractivity contribution >= 4 is 5.57 Å². The number of hydrogen-bond donors (Lipinski definition) is 0. The summed E-state index contributed by atoms with van der Waals surface area (Å²) in [6, 6.07) is 9.74. The summed E-state index contributed by atoms with van der Waals surface area (Å²) in [7, 11) is 0. The fourth-order valence-corrected chi connectivity index (χ4v) is 1.10. The zero-order valence-electron chi connectivity index (χ0n) is 7.70. The Morgan fingerprint density at radius 2 is 2.00 bits per heavy atom. The number of alkyl halides is 1. The monoisotopic (exact) mass is 176 g/mol. The van der Waals surface area contributed by atoms with Gasteiger partial charge < -0.3 is 0 Å². The van der Waals surface area contributed by atoms with Gasteiger partial charge in [-0.15, -0.1) is 0 Å². The average Bonchev–Trinajstić information content (AvgIpc) is 2.19. The zero-order chi connectivity index (χ0) is 9.68. The number of hydrogen-bond acceptors (Lipinski definition) is 0. The SMILES string of the molecule is C=CC(F)C=C(C)c1ccccc1. The smallest absolute Gasteiger partial charge is 0.137 e. The van der Waals surface area contributed by atoms with Gasteiger partial charge in [-0.05, 0) is 24.1 Å².